The summed E-state index contributed by atoms with van der Waals surface area (Å²) in [6.07, 6.45) is -3.50. The highest BCUT2D eigenvalue weighted by atomic mass is 35.5. The van der Waals surface area contributed by atoms with Gasteiger partial charge in [-0.3, -0.25) is 4.79 Å². The fraction of sp³-hybridized carbons (Fsp3) is 0.261. The van der Waals surface area contributed by atoms with Gasteiger partial charge in [0.2, 0.25) is 0 Å². The fourth-order valence-corrected chi connectivity index (χ4v) is 3.39. The van der Waals surface area contributed by atoms with Crippen LogP contribution in [-0.2, 0) is 11.4 Å². The maximum atomic E-state index is 12.7. The Hall–Kier alpha value is -2.93. The van der Waals surface area contributed by atoms with Gasteiger partial charge in [0.1, 0.15) is 12.4 Å². The molecule has 8 heteroatoms. The number of halogens is 4. The molecule has 2 aromatic carbocycles. The fourth-order valence-electron chi connectivity index (χ4n) is 3.20. The Balaban J connectivity index is 1.83. The van der Waals surface area contributed by atoms with E-state index in [0.717, 1.165) is 5.56 Å². The average molecular weight is 453 g/mol. The summed E-state index contributed by atoms with van der Waals surface area (Å²) >= 11 is 6.15. The molecule has 0 aliphatic heterocycles. The first-order valence-electron chi connectivity index (χ1n) is 9.58. The van der Waals surface area contributed by atoms with Crippen molar-refractivity contribution in [3.05, 3.63) is 75.5 Å². The zero-order chi connectivity index (χ0) is 22.6. The third-order valence-electron chi connectivity index (χ3n) is 4.72. The number of benzene rings is 2. The van der Waals surface area contributed by atoms with Crippen molar-refractivity contribution in [3.8, 4) is 11.5 Å². The Morgan fingerprint density at radius 3 is 2.55 bits per heavy atom. The van der Waals surface area contributed by atoms with E-state index in [0.29, 0.717) is 28.7 Å². The van der Waals surface area contributed by atoms with E-state index < -0.39 is 23.3 Å². The lowest BCUT2D eigenvalue weighted by Gasteiger charge is -2.13. The maximum absolute atomic E-state index is 12.7. The molecule has 0 atom stereocenters. The van der Waals surface area contributed by atoms with Crippen molar-refractivity contribution < 1.29 is 32.5 Å². The molecule has 4 nitrogen and oxygen atoms in total. The predicted octanol–water partition coefficient (Wildman–Crippen LogP) is 6.44. The Bertz CT molecular complexity index is 1040. The molecule has 0 aromatic heterocycles. The second kappa shape index (κ2) is 9.47. The van der Waals surface area contributed by atoms with Crippen LogP contribution >= 0.6 is 11.6 Å². The van der Waals surface area contributed by atoms with Crippen molar-refractivity contribution in [2.24, 2.45) is 0 Å². The van der Waals surface area contributed by atoms with Gasteiger partial charge in [0.05, 0.1) is 6.61 Å². The van der Waals surface area contributed by atoms with Crippen LogP contribution in [0.15, 0.2) is 59.4 Å². The number of aliphatic hydroxyl groups excluding tert-OH is 1. The molecule has 1 N–H and O–H groups in total. The summed E-state index contributed by atoms with van der Waals surface area (Å²) < 4.78 is 49.5. The van der Waals surface area contributed by atoms with E-state index in [2.05, 4.69) is 0 Å². The highest BCUT2D eigenvalue weighted by molar-refractivity contribution is 6.31. The molecule has 1 aliphatic rings. The smallest absolute Gasteiger partial charge is 0.454 e. The quantitative estimate of drug-likeness (QED) is 0.525. The average Bonchev–Trinajstić information content (AvgIpc) is 3.07. The van der Waals surface area contributed by atoms with E-state index in [1.807, 2.05) is 25.1 Å². The van der Waals surface area contributed by atoms with Gasteiger partial charge in [-0.05, 0) is 55.2 Å². The van der Waals surface area contributed by atoms with Crippen LogP contribution in [0, 0.1) is 0 Å². The van der Waals surface area contributed by atoms with Gasteiger partial charge in [0.15, 0.2) is 11.5 Å². The summed E-state index contributed by atoms with van der Waals surface area (Å²) in [7, 11) is 0. The third kappa shape index (κ3) is 5.41. The SMILES string of the molecule is CCOc1cc(C=C2CCC(C(=O)C(F)(F)F)=C2O)ccc1OCc1ccccc1Cl. The monoisotopic (exact) mass is 452 g/mol. The van der Waals surface area contributed by atoms with Crippen LogP contribution in [0.1, 0.15) is 30.9 Å². The number of allylic oxidation sites excluding steroid dienone is 2. The molecule has 0 heterocycles. The van der Waals surface area contributed by atoms with Crippen LogP contribution in [0.3, 0.4) is 0 Å². The number of rotatable bonds is 7. The molecular formula is C23H20ClF3O4. The van der Waals surface area contributed by atoms with E-state index in [4.69, 9.17) is 21.1 Å². The summed E-state index contributed by atoms with van der Waals surface area (Å²) in [4.78, 5) is 11.5. The van der Waals surface area contributed by atoms with E-state index in [1.54, 1.807) is 24.3 Å². The molecule has 0 saturated carbocycles. The topological polar surface area (TPSA) is 55.8 Å². The first kappa shape index (κ1) is 22.7. The van der Waals surface area contributed by atoms with Crippen LogP contribution in [0.5, 0.6) is 11.5 Å². The van der Waals surface area contributed by atoms with Crippen molar-refractivity contribution >= 4 is 23.5 Å². The van der Waals surface area contributed by atoms with Crippen LogP contribution in [0.2, 0.25) is 5.02 Å². The number of Topliss-reactive ketones (excluding diaryl/α,β-unsaturated/α-hetero) is 1. The van der Waals surface area contributed by atoms with Crippen LogP contribution in [0.25, 0.3) is 6.08 Å². The molecule has 0 fully saturated rings. The largest absolute Gasteiger partial charge is 0.507 e. The molecule has 164 valence electrons. The first-order chi connectivity index (χ1) is 14.7. The third-order valence-corrected chi connectivity index (χ3v) is 5.08. The van der Waals surface area contributed by atoms with E-state index >= 15 is 0 Å². The van der Waals surface area contributed by atoms with Crippen LogP contribution < -0.4 is 9.47 Å². The highest BCUT2D eigenvalue weighted by Gasteiger charge is 2.43. The summed E-state index contributed by atoms with van der Waals surface area (Å²) in [5.41, 5.74) is 1.06. The van der Waals surface area contributed by atoms with Crippen molar-refractivity contribution in [2.75, 3.05) is 6.61 Å². The molecule has 0 bridgehead atoms. The minimum absolute atomic E-state index is 0.137. The number of hydrogen-bond donors (Lipinski definition) is 1. The number of hydrogen-bond acceptors (Lipinski definition) is 4. The van der Waals surface area contributed by atoms with Gasteiger partial charge in [-0.2, -0.15) is 13.2 Å². The lowest BCUT2D eigenvalue weighted by molar-refractivity contribution is -0.166. The van der Waals surface area contributed by atoms with Gasteiger partial charge in [-0.25, -0.2) is 0 Å². The summed E-state index contributed by atoms with van der Waals surface area (Å²) in [6, 6.07) is 12.3. The number of ether oxygens (including phenoxy) is 2. The second-order valence-corrected chi connectivity index (χ2v) is 7.25. The Kier molecular flexibility index (Phi) is 6.95. The normalized spacial score (nSPS) is 15.5. The van der Waals surface area contributed by atoms with Crippen molar-refractivity contribution in [1.29, 1.82) is 0 Å². The molecule has 0 saturated heterocycles. The molecular weight excluding hydrogens is 433 g/mol. The molecule has 0 unspecified atom stereocenters. The Morgan fingerprint density at radius 2 is 1.87 bits per heavy atom. The van der Waals surface area contributed by atoms with Gasteiger partial charge < -0.3 is 14.6 Å². The van der Waals surface area contributed by atoms with Gasteiger partial charge in [0.25, 0.3) is 5.78 Å². The standard InChI is InChI=1S/C23H20ClF3O4/c1-2-30-20-12-14(7-10-19(20)31-13-16-5-3-4-6-18(16)24)11-15-8-9-17(21(15)28)22(29)23(25,26)27/h3-7,10-12,28H,2,8-9,13H2,1H3. The first-order valence-corrected chi connectivity index (χ1v) is 9.96. The van der Waals surface area contributed by atoms with Gasteiger partial charge in [0, 0.05) is 16.2 Å². The van der Waals surface area contributed by atoms with Gasteiger partial charge in [-0.1, -0.05) is 35.9 Å². The highest BCUT2D eigenvalue weighted by Crippen LogP contribution is 2.37. The molecule has 2 aromatic rings. The molecule has 3 rings (SSSR count). The Labute approximate surface area is 182 Å². The minimum Gasteiger partial charge on any atom is -0.507 e. The number of ketones is 1. The number of alkyl halides is 3. The predicted molar refractivity (Wildman–Crippen MR) is 111 cm³/mol. The molecule has 0 radical (unpaired) electrons. The molecule has 31 heavy (non-hydrogen) atoms. The van der Waals surface area contributed by atoms with Crippen LogP contribution in [0.4, 0.5) is 13.2 Å². The maximum Gasteiger partial charge on any atom is 0.454 e. The second-order valence-electron chi connectivity index (χ2n) is 6.84. The molecule has 0 spiro atoms. The van der Waals surface area contributed by atoms with Gasteiger partial charge in [-0.15, -0.1) is 0 Å². The van der Waals surface area contributed by atoms with Crippen molar-refractivity contribution in [3.63, 3.8) is 0 Å². The Morgan fingerprint density at radius 1 is 1.13 bits per heavy atom. The molecule has 0 amide bonds. The minimum atomic E-state index is -5.01. The van der Waals surface area contributed by atoms with Gasteiger partial charge >= 0.3 is 6.18 Å². The van der Waals surface area contributed by atoms with Crippen LogP contribution in [-0.4, -0.2) is 23.7 Å². The number of carbonyl (C=O) groups is 1. The summed E-state index contributed by atoms with van der Waals surface area (Å²) in [5.74, 6) is -1.70. The number of aliphatic hydroxyl groups is 1. The van der Waals surface area contributed by atoms with E-state index in [9.17, 15) is 23.1 Å². The lowest BCUT2D eigenvalue weighted by Crippen LogP contribution is -2.24. The van der Waals surface area contributed by atoms with E-state index in [-0.39, 0.29) is 25.0 Å². The zero-order valence-corrected chi connectivity index (χ0v) is 17.4. The molecule has 1 aliphatic carbocycles. The van der Waals surface area contributed by atoms with Crippen molar-refractivity contribution in [2.45, 2.75) is 32.5 Å². The summed E-state index contributed by atoms with van der Waals surface area (Å²) in [5, 5.41) is 10.7. The zero-order valence-electron chi connectivity index (χ0n) is 16.6. The number of carbonyl (C=O) groups excluding carboxylic acids is 1. The van der Waals surface area contributed by atoms with Crippen molar-refractivity contribution in [1.82, 2.24) is 0 Å². The van der Waals surface area contributed by atoms with E-state index in [1.165, 1.54) is 6.08 Å². The summed E-state index contributed by atoms with van der Waals surface area (Å²) in [6.45, 7) is 2.41. The lowest BCUT2D eigenvalue weighted by atomic mass is 10.1.